The van der Waals surface area contributed by atoms with Gasteiger partial charge in [0.05, 0.1) is 22.7 Å². The molecule has 1 atom stereocenters. The normalized spacial score (nSPS) is 17.4. The van der Waals surface area contributed by atoms with Crippen molar-refractivity contribution < 1.29 is 22.3 Å². The fourth-order valence-electron chi connectivity index (χ4n) is 6.76. The van der Waals surface area contributed by atoms with E-state index in [9.17, 15) is 13.0 Å². The maximum absolute atomic E-state index is 10.4. The number of aromatic nitrogens is 1. The molecule has 4 aromatic carbocycles. The molecule has 1 aliphatic carbocycles. The largest absolute Gasteiger partial charge is 0.744 e. The molecule has 0 fully saturated rings. The van der Waals surface area contributed by atoms with E-state index in [1.54, 1.807) is 19.2 Å². The lowest BCUT2D eigenvalue weighted by Crippen LogP contribution is -2.33. The van der Waals surface area contributed by atoms with Gasteiger partial charge in [0.15, 0.2) is 0 Å². The van der Waals surface area contributed by atoms with E-state index in [1.807, 2.05) is 42.2 Å². The van der Waals surface area contributed by atoms with Gasteiger partial charge >= 0.3 is 0 Å². The zero-order chi connectivity index (χ0) is 38.6. The molecule has 0 saturated carbocycles. The van der Waals surface area contributed by atoms with Crippen molar-refractivity contribution in [2.24, 2.45) is 5.92 Å². The number of hydrogen-bond acceptors (Lipinski definition) is 7. The number of anilines is 1. The number of allylic oxidation sites excluding steroid dienone is 6. The Morgan fingerprint density at radius 2 is 1.63 bits per heavy atom. The number of rotatable bonds is 8. The Balaban J connectivity index is 0.000000389. The number of aryl methyl sites for hydroxylation is 2. The minimum absolute atomic E-state index is 0.178. The predicted molar refractivity (Wildman–Crippen MR) is 226 cm³/mol. The van der Waals surface area contributed by atoms with Crippen LogP contribution < -0.4 is 14.2 Å². The molecule has 0 saturated heterocycles. The summed E-state index contributed by atoms with van der Waals surface area (Å²) >= 11 is 16.3. The Kier molecular flexibility index (Phi) is 12.8. The molecular formula is C43H42Cl2N2O4S3. The number of methoxy groups -OCH3 is 1. The fourth-order valence-corrected chi connectivity index (χ4v) is 9.78. The van der Waals surface area contributed by atoms with Crippen molar-refractivity contribution in [3.63, 3.8) is 0 Å². The third-order valence-electron chi connectivity index (χ3n) is 9.34. The van der Waals surface area contributed by atoms with Crippen molar-refractivity contribution in [3.8, 4) is 5.75 Å². The fraction of sp³-hybridized carbons (Fsp3) is 0.233. The Bertz CT molecular complexity index is 2400. The minimum atomic E-state index is -4.27. The van der Waals surface area contributed by atoms with Crippen molar-refractivity contribution in [3.05, 3.63) is 146 Å². The second kappa shape index (κ2) is 17.3. The Morgan fingerprint density at radius 1 is 0.926 bits per heavy atom. The molecule has 7 rings (SSSR count). The molecule has 6 nitrogen and oxygen atoms in total. The highest BCUT2D eigenvalue weighted by molar-refractivity contribution is 8.03. The quantitative estimate of drug-likeness (QED) is 0.115. The maximum Gasteiger partial charge on any atom is 0.262 e. The molecule has 2 aliphatic rings. The monoisotopic (exact) mass is 816 g/mol. The lowest BCUT2D eigenvalue weighted by atomic mass is 9.78. The summed E-state index contributed by atoms with van der Waals surface area (Å²) in [5.41, 5.74) is 8.53. The summed E-state index contributed by atoms with van der Waals surface area (Å²) in [7, 11) is -2.55. The van der Waals surface area contributed by atoms with Crippen LogP contribution in [-0.2, 0) is 16.7 Å². The maximum atomic E-state index is 10.4. The van der Waals surface area contributed by atoms with Gasteiger partial charge in [-0.05, 0) is 122 Å². The van der Waals surface area contributed by atoms with Crippen LogP contribution >= 0.6 is 46.3 Å². The van der Waals surface area contributed by atoms with Gasteiger partial charge in [-0.15, -0.1) is 0 Å². The number of hydrogen-bond donors (Lipinski definition) is 0. The van der Waals surface area contributed by atoms with Gasteiger partial charge in [0.25, 0.3) is 5.01 Å². The highest BCUT2D eigenvalue weighted by Gasteiger charge is 2.26. The predicted octanol–water partition coefficient (Wildman–Crippen LogP) is 11.7. The summed E-state index contributed by atoms with van der Waals surface area (Å²) in [6, 6.07) is 26.6. The van der Waals surface area contributed by atoms with Crippen molar-refractivity contribution >= 4 is 84.0 Å². The van der Waals surface area contributed by atoms with Crippen molar-refractivity contribution in [1.82, 2.24) is 0 Å². The number of halogens is 2. The highest BCUT2D eigenvalue weighted by Crippen LogP contribution is 2.47. The topological polar surface area (TPSA) is 73.5 Å². The van der Waals surface area contributed by atoms with Crippen LogP contribution in [-0.4, -0.2) is 26.6 Å². The van der Waals surface area contributed by atoms with Crippen molar-refractivity contribution in [2.45, 2.75) is 56.9 Å². The lowest BCUT2D eigenvalue weighted by molar-refractivity contribution is -0.665. The van der Waals surface area contributed by atoms with Crippen molar-refractivity contribution in [2.75, 3.05) is 18.6 Å². The van der Waals surface area contributed by atoms with Gasteiger partial charge in [-0.1, -0.05) is 95.2 Å². The minimum Gasteiger partial charge on any atom is -0.744 e. The smallest absolute Gasteiger partial charge is 0.262 e. The van der Waals surface area contributed by atoms with Crippen LogP contribution in [0.25, 0.3) is 21.9 Å². The molecule has 0 spiro atoms. The zero-order valence-electron chi connectivity index (χ0n) is 30.8. The number of nitrogens with zero attached hydrogens (tertiary/aromatic N) is 2. The van der Waals surface area contributed by atoms with E-state index in [0.29, 0.717) is 5.92 Å². The molecule has 5 aromatic rings. The molecule has 2 heterocycles. The van der Waals surface area contributed by atoms with E-state index < -0.39 is 10.1 Å². The highest BCUT2D eigenvalue weighted by atomic mass is 35.5. The average Bonchev–Trinajstić information content (AvgIpc) is 3.69. The van der Waals surface area contributed by atoms with Crippen LogP contribution in [0.5, 0.6) is 5.75 Å². The van der Waals surface area contributed by atoms with Crippen LogP contribution in [0.1, 0.15) is 49.7 Å². The van der Waals surface area contributed by atoms with Gasteiger partial charge in [0.2, 0.25) is 5.52 Å². The van der Waals surface area contributed by atoms with Crippen LogP contribution in [0, 0.1) is 12.8 Å². The third kappa shape index (κ3) is 9.16. The van der Waals surface area contributed by atoms with Crippen LogP contribution in [0.2, 0.25) is 10.0 Å². The average molecular weight is 818 g/mol. The van der Waals surface area contributed by atoms with E-state index in [-0.39, 0.29) is 4.90 Å². The molecular weight excluding hydrogens is 776 g/mol. The summed E-state index contributed by atoms with van der Waals surface area (Å²) in [6.45, 7) is 10.3. The van der Waals surface area contributed by atoms with Crippen LogP contribution in [0.4, 0.5) is 5.69 Å². The molecule has 0 amide bonds. The van der Waals surface area contributed by atoms with Crippen LogP contribution in [0.15, 0.2) is 129 Å². The summed E-state index contributed by atoms with van der Waals surface area (Å²) in [6.07, 6.45) is 11.3. The Labute approximate surface area is 336 Å². The zero-order valence-corrected chi connectivity index (χ0v) is 34.8. The summed E-state index contributed by atoms with van der Waals surface area (Å²) in [4.78, 5) is 3.42. The van der Waals surface area contributed by atoms with Crippen LogP contribution in [0.3, 0.4) is 0 Å². The molecule has 11 heteroatoms. The van der Waals surface area contributed by atoms with Gasteiger partial charge in [0.1, 0.15) is 27.1 Å². The van der Waals surface area contributed by atoms with Gasteiger partial charge in [-0.2, -0.15) is 4.57 Å². The Hall–Kier alpha value is -3.83. The number of thiazole rings is 1. The van der Waals surface area contributed by atoms with Gasteiger partial charge in [-0.25, -0.2) is 8.42 Å². The summed E-state index contributed by atoms with van der Waals surface area (Å²) in [5, 5.41) is 3.99. The molecule has 0 bridgehead atoms. The molecule has 54 heavy (non-hydrogen) atoms. The molecule has 0 radical (unpaired) electrons. The van der Waals surface area contributed by atoms with Crippen molar-refractivity contribution in [1.29, 1.82) is 0 Å². The SMILES string of the molecule is CCN1/C(=C/C=C2\CC(C)CC(/C=C/c3sc4ccc(Cl)cc4[n+]3CC)=C2c2ccc(OC)cc2)Sc2ccc(Cl)cc21.Cc1ccc(S(=O)(=O)[O-])cc1. The third-order valence-corrected chi connectivity index (χ3v) is 12.9. The first kappa shape index (κ1) is 39.9. The second-order valence-corrected chi connectivity index (χ2v) is 17.6. The Morgan fingerprint density at radius 3 is 2.30 bits per heavy atom. The molecule has 280 valence electrons. The van der Waals surface area contributed by atoms with E-state index in [4.69, 9.17) is 27.9 Å². The number of thioether (sulfide) groups is 1. The molecule has 1 aromatic heterocycles. The summed E-state index contributed by atoms with van der Waals surface area (Å²) < 4.78 is 40.3. The van der Waals surface area contributed by atoms with E-state index in [1.165, 1.54) is 65.3 Å². The van der Waals surface area contributed by atoms with E-state index in [0.717, 1.165) is 47.3 Å². The van der Waals surface area contributed by atoms with Gasteiger partial charge in [-0.3, -0.25) is 0 Å². The standard InChI is InChI=1S/C36H35Cl2N2OS2.C7H8O3S/c1-5-39-30-21-27(37)11-15-32(30)42-34(39)17-9-25-19-23(3)20-26(36(25)24-7-13-29(41-4)14-8-24)10-18-35-40(6-2)31-22-28(38)12-16-33(31)43-35;1-6-2-4-7(5-3-6)11(8,9)10/h7-18,21-23H,5-6,19-20H2,1-4H3;2-5H,1H3,(H,8,9,10)/q+1;/p-1. The summed E-state index contributed by atoms with van der Waals surface area (Å²) in [5.74, 6) is 1.39. The number of benzene rings is 4. The molecule has 1 unspecified atom stereocenters. The number of ether oxygens (including phenoxy) is 1. The second-order valence-electron chi connectivity index (χ2n) is 13.2. The van der Waals surface area contributed by atoms with E-state index >= 15 is 0 Å². The van der Waals surface area contributed by atoms with E-state index in [2.05, 4.69) is 103 Å². The molecule has 0 N–H and O–H groups in total. The molecule has 1 aliphatic heterocycles. The lowest BCUT2D eigenvalue weighted by Gasteiger charge is -2.27. The van der Waals surface area contributed by atoms with Gasteiger partial charge in [0, 0.05) is 33.6 Å². The first-order valence-electron chi connectivity index (χ1n) is 17.7. The first-order chi connectivity index (χ1) is 25.9. The van der Waals surface area contributed by atoms with Gasteiger partial charge < -0.3 is 14.2 Å². The first-order valence-corrected chi connectivity index (χ1v) is 21.5. The number of fused-ring (bicyclic) bond motifs is 2.